The molecule has 3 N–H and O–H groups in total. The van der Waals surface area contributed by atoms with Crippen molar-refractivity contribution in [3.05, 3.63) is 32.7 Å². The second-order valence-electron chi connectivity index (χ2n) is 4.65. The Labute approximate surface area is 144 Å². The highest BCUT2D eigenvalue weighted by atomic mass is 35.5. The molecule has 0 saturated carbocycles. The zero-order chi connectivity index (χ0) is 17.3. The number of nitrogens with zero attached hydrogens (tertiary/aromatic N) is 6. The zero-order valence-electron chi connectivity index (χ0n) is 12.5. The van der Waals surface area contributed by atoms with E-state index in [1.165, 1.54) is 11.3 Å². The predicted octanol–water partition coefficient (Wildman–Crippen LogP) is 1.41. The summed E-state index contributed by atoms with van der Waals surface area (Å²) in [6, 6.07) is 3.57. The third kappa shape index (κ3) is 2.98. The smallest absolute Gasteiger partial charge is 0.292 e. The lowest BCUT2D eigenvalue weighted by atomic mass is 10.3. The van der Waals surface area contributed by atoms with E-state index in [1.807, 2.05) is 6.07 Å². The molecule has 10 nitrogen and oxygen atoms in total. The van der Waals surface area contributed by atoms with Crippen LogP contribution in [0, 0.1) is 6.92 Å². The molecule has 24 heavy (non-hydrogen) atoms. The van der Waals surface area contributed by atoms with Gasteiger partial charge in [-0.25, -0.2) is 10.1 Å². The Morgan fingerprint density at radius 1 is 1.46 bits per heavy atom. The highest BCUT2D eigenvalue weighted by molar-refractivity contribution is 7.18. The summed E-state index contributed by atoms with van der Waals surface area (Å²) in [4.78, 5) is 13.3. The van der Waals surface area contributed by atoms with E-state index >= 15 is 0 Å². The molecule has 124 valence electrons. The van der Waals surface area contributed by atoms with Crippen molar-refractivity contribution in [2.45, 2.75) is 13.8 Å². The van der Waals surface area contributed by atoms with Crippen molar-refractivity contribution in [2.24, 2.45) is 5.10 Å². The highest BCUT2D eigenvalue weighted by Gasteiger charge is 2.22. The molecule has 0 unspecified atom stereocenters. The minimum atomic E-state index is -0.526. The second kappa shape index (κ2) is 6.37. The molecule has 0 aliphatic rings. The normalized spacial score (nSPS) is 11.7. The summed E-state index contributed by atoms with van der Waals surface area (Å²) in [5.74, 6) is -0.463. The maximum Gasteiger partial charge on any atom is 0.292 e. The Kier molecular flexibility index (Phi) is 4.27. The van der Waals surface area contributed by atoms with Gasteiger partial charge in [-0.05, 0) is 36.3 Å². The van der Waals surface area contributed by atoms with Gasteiger partial charge in [0.25, 0.3) is 5.91 Å². The number of carbonyl (C=O) groups is 1. The van der Waals surface area contributed by atoms with Crippen LogP contribution in [0.3, 0.4) is 0 Å². The number of hydrogen-bond acceptors (Lipinski definition) is 9. The number of nitrogen functional groups attached to an aromatic ring is 1. The van der Waals surface area contributed by atoms with Gasteiger partial charge < -0.3 is 5.73 Å². The summed E-state index contributed by atoms with van der Waals surface area (Å²) >= 11 is 7.24. The molecule has 0 fully saturated rings. The molecule has 0 spiro atoms. The number of carbonyl (C=O) groups excluding carboxylic acids is 1. The minimum absolute atomic E-state index is 0.0122. The number of amides is 1. The quantitative estimate of drug-likeness (QED) is 0.526. The number of halogens is 1. The van der Waals surface area contributed by atoms with E-state index in [2.05, 4.69) is 35.8 Å². The Balaban J connectivity index is 1.86. The summed E-state index contributed by atoms with van der Waals surface area (Å²) in [7, 11) is 0. The van der Waals surface area contributed by atoms with Crippen LogP contribution in [0.5, 0.6) is 0 Å². The summed E-state index contributed by atoms with van der Waals surface area (Å²) < 4.78 is 6.30. The Morgan fingerprint density at radius 3 is 2.88 bits per heavy atom. The fourth-order valence-corrected chi connectivity index (χ4v) is 2.84. The fraction of sp³-hybridized carbons (Fsp3) is 0.167. The lowest BCUT2D eigenvalue weighted by Gasteiger charge is -2.03. The van der Waals surface area contributed by atoms with Gasteiger partial charge in [-0.15, -0.1) is 16.4 Å². The van der Waals surface area contributed by atoms with Crippen LogP contribution in [-0.4, -0.2) is 36.9 Å². The molecule has 0 aliphatic heterocycles. The van der Waals surface area contributed by atoms with Crippen molar-refractivity contribution < 1.29 is 9.42 Å². The number of anilines is 1. The predicted molar refractivity (Wildman–Crippen MR) is 87.4 cm³/mol. The number of nitrogens with one attached hydrogen (secondary N) is 1. The maximum atomic E-state index is 12.4. The van der Waals surface area contributed by atoms with Crippen molar-refractivity contribution in [3.63, 3.8) is 0 Å². The third-order valence-electron chi connectivity index (χ3n) is 3.00. The first-order valence-corrected chi connectivity index (χ1v) is 7.78. The summed E-state index contributed by atoms with van der Waals surface area (Å²) in [5, 5.41) is 18.8. The molecule has 0 radical (unpaired) electrons. The van der Waals surface area contributed by atoms with Gasteiger partial charge in [-0.1, -0.05) is 16.8 Å². The van der Waals surface area contributed by atoms with Gasteiger partial charge in [0.15, 0.2) is 5.69 Å². The van der Waals surface area contributed by atoms with Crippen LogP contribution >= 0.6 is 22.9 Å². The number of aromatic nitrogens is 5. The number of nitrogens with two attached hydrogens (primary N) is 1. The van der Waals surface area contributed by atoms with Crippen molar-refractivity contribution in [3.8, 4) is 5.82 Å². The van der Waals surface area contributed by atoms with E-state index in [0.717, 1.165) is 9.56 Å². The summed E-state index contributed by atoms with van der Waals surface area (Å²) in [5.41, 5.74) is 9.18. The van der Waals surface area contributed by atoms with E-state index in [1.54, 1.807) is 19.9 Å². The van der Waals surface area contributed by atoms with Gasteiger partial charge in [0.05, 0.1) is 20.6 Å². The number of rotatable bonds is 4. The van der Waals surface area contributed by atoms with E-state index < -0.39 is 5.91 Å². The number of aryl methyl sites for hydroxylation is 1. The van der Waals surface area contributed by atoms with Crippen molar-refractivity contribution in [2.75, 3.05) is 5.73 Å². The van der Waals surface area contributed by atoms with Crippen LogP contribution < -0.4 is 11.2 Å². The minimum Gasteiger partial charge on any atom is -0.378 e. The van der Waals surface area contributed by atoms with Gasteiger partial charge in [-0.2, -0.15) is 9.78 Å². The van der Waals surface area contributed by atoms with Gasteiger partial charge in [0.1, 0.15) is 0 Å². The topological polar surface area (TPSA) is 137 Å². The second-order valence-corrected chi connectivity index (χ2v) is 6.37. The van der Waals surface area contributed by atoms with Crippen molar-refractivity contribution >= 4 is 40.4 Å². The first kappa shape index (κ1) is 16.1. The molecule has 0 aromatic carbocycles. The average molecular weight is 367 g/mol. The Morgan fingerprint density at radius 2 is 2.25 bits per heavy atom. The lowest BCUT2D eigenvalue weighted by molar-refractivity contribution is 0.0946. The molecule has 0 bridgehead atoms. The molecule has 3 aromatic rings. The molecular weight excluding hydrogens is 356 g/mol. The Bertz CT molecular complexity index is 927. The maximum absolute atomic E-state index is 12.4. The number of thiophene rings is 1. The standard InChI is InChI=1S/C12H11ClN8O2S/c1-5(7-3-4-8(13)24-7)15-17-12(22)9-6(2)16-20-21(9)11-10(14)18-23-19-11/h3-4H,1-2H3,(H2,14,18)(H,17,22)/b15-5+. The monoisotopic (exact) mass is 366 g/mol. The van der Waals surface area contributed by atoms with Crippen LogP contribution in [0.1, 0.15) is 28.0 Å². The largest absolute Gasteiger partial charge is 0.378 e. The average Bonchev–Trinajstić information content (AvgIpc) is 3.25. The third-order valence-corrected chi connectivity index (χ3v) is 4.34. The van der Waals surface area contributed by atoms with Crippen LogP contribution in [0.15, 0.2) is 21.9 Å². The first-order valence-electron chi connectivity index (χ1n) is 6.58. The highest BCUT2D eigenvalue weighted by Crippen LogP contribution is 2.22. The molecule has 0 aliphatic carbocycles. The van der Waals surface area contributed by atoms with E-state index in [9.17, 15) is 4.79 Å². The molecule has 3 rings (SSSR count). The molecule has 0 saturated heterocycles. The molecule has 1 amide bonds. The number of hydrogen-bond donors (Lipinski definition) is 2. The molecular formula is C12H11ClN8O2S. The molecule has 0 atom stereocenters. The van der Waals surface area contributed by atoms with Crippen LogP contribution in [0.2, 0.25) is 4.34 Å². The fourth-order valence-electron chi connectivity index (χ4n) is 1.86. The van der Waals surface area contributed by atoms with Gasteiger partial charge in [0, 0.05) is 0 Å². The van der Waals surface area contributed by atoms with Crippen molar-refractivity contribution in [1.82, 2.24) is 30.7 Å². The van der Waals surface area contributed by atoms with Gasteiger partial charge in [-0.3, -0.25) is 4.79 Å². The van der Waals surface area contributed by atoms with Crippen molar-refractivity contribution in [1.29, 1.82) is 0 Å². The number of hydrazone groups is 1. The van der Waals surface area contributed by atoms with Crippen LogP contribution in [-0.2, 0) is 0 Å². The summed E-state index contributed by atoms with van der Waals surface area (Å²) in [6.45, 7) is 3.38. The van der Waals surface area contributed by atoms with E-state index in [4.69, 9.17) is 17.3 Å². The van der Waals surface area contributed by atoms with Gasteiger partial charge in [0.2, 0.25) is 11.6 Å². The molecule has 3 heterocycles. The SMILES string of the molecule is C/C(=N\NC(=O)c1c(C)nnn1-c1nonc1N)c1ccc(Cl)s1. The lowest BCUT2D eigenvalue weighted by Crippen LogP contribution is -2.23. The zero-order valence-corrected chi connectivity index (χ0v) is 14.1. The molecule has 12 heteroatoms. The van der Waals surface area contributed by atoms with Gasteiger partial charge >= 0.3 is 0 Å². The molecule has 3 aromatic heterocycles. The van der Waals surface area contributed by atoms with E-state index in [0.29, 0.717) is 15.7 Å². The van der Waals surface area contributed by atoms with E-state index in [-0.39, 0.29) is 17.3 Å². The summed E-state index contributed by atoms with van der Waals surface area (Å²) in [6.07, 6.45) is 0. The Hall–Kier alpha value is -2.79. The van der Waals surface area contributed by atoms with Crippen LogP contribution in [0.25, 0.3) is 5.82 Å². The first-order chi connectivity index (χ1) is 11.5. The van der Waals surface area contributed by atoms with Crippen LogP contribution in [0.4, 0.5) is 5.82 Å².